The Kier molecular flexibility index (Phi) is 5.33. The molecule has 0 unspecified atom stereocenters. The lowest BCUT2D eigenvalue weighted by molar-refractivity contribution is 0.0937. The van der Waals surface area contributed by atoms with Crippen LogP contribution < -0.4 is 14.8 Å². The first-order chi connectivity index (χ1) is 15.6. The molecule has 1 fully saturated rings. The van der Waals surface area contributed by atoms with Crippen molar-refractivity contribution in [3.63, 3.8) is 0 Å². The Labute approximate surface area is 187 Å². The Balaban J connectivity index is 1.35. The van der Waals surface area contributed by atoms with E-state index in [-0.39, 0.29) is 11.3 Å². The van der Waals surface area contributed by atoms with Gasteiger partial charge in [-0.1, -0.05) is 36.3 Å². The van der Waals surface area contributed by atoms with Crippen molar-refractivity contribution in [3.8, 4) is 17.2 Å². The van der Waals surface area contributed by atoms with Crippen molar-refractivity contribution in [3.05, 3.63) is 65.0 Å². The Morgan fingerprint density at radius 1 is 1.06 bits per heavy atom. The molecular formula is C25H28N4O3. The number of amides is 1. The van der Waals surface area contributed by atoms with Crippen LogP contribution in [-0.4, -0.2) is 40.7 Å². The smallest absolute Gasteiger partial charge is 0.273 e. The molecule has 7 heteroatoms. The third-order valence-corrected chi connectivity index (χ3v) is 6.66. The van der Waals surface area contributed by atoms with E-state index in [0.29, 0.717) is 25.5 Å². The van der Waals surface area contributed by atoms with Crippen molar-refractivity contribution in [2.24, 2.45) is 0 Å². The van der Waals surface area contributed by atoms with Gasteiger partial charge in [0.1, 0.15) is 13.2 Å². The molecule has 5 rings (SSSR count). The molecule has 2 heterocycles. The van der Waals surface area contributed by atoms with E-state index in [4.69, 9.17) is 9.47 Å². The maximum Gasteiger partial charge on any atom is 0.273 e. The number of carbonyl (C=O) groups is 1. The fraction of sp³-hybridized carbons (Fsp3) is 0.400. The zero-order chi connectivity index (χ0) is 22.1. The van der Waals surface area contributed by atoms with Crippen LogP contribution in [0.3, 0.4) is 0 Å². The van der Waals surface area contributed by atoms with Crippen LogP contribution in [0.2, 0.25) is 0 Å². The molecule has 1 N–H and O–H groups in total. The minimum atomic E-state index is -0.190. The van der Waals surface area contributed by atoms with E-state index in [1.807, 2.05) is 44.2 Å². The van der Waals surface area contributed by atoms with Gasteiger partial charge in [0.25, 0.3) is 5.91 Å². The first-order valence-electron chi connectivity index (χ1n) is 11.2. The van der Waals surface area contributed by atoms with E-state index in [0.717, 1.165) is 54.1 Å². The quantitative estimate of drug-likeness (QED) is 0.662. The molecule has 0 saturated heterocycles. The van der Waals surface area contributed by atoms with Crippen LogP contribution in [0.25, 0.3) is 5.69 Å². The summed E-state index contributed by atoms with van der Waals surface area (Å²) in [5.74, 6) is 1.40. The number of fused-ring (bicyclic) bond motifs is 1. The van der Waals surface area contributed by atoms with Gasteiger partial charge >= 0.3 is 0 Å². The summed E-state index contributed by atoms with van der Waals surface area (Å²) in [5, 5.41) is 11.6. The zero-order valence-corrected chi connectivity index (χ0v) is 18.6. The standard InChI is InChI=1S/C25H28N4O3/c1-17-6-5-7-20(14-17)29-18(2)23(27-28-29)24(30)26-16-25(10-3-4-11-25)19-8-9-21-22(15-19)32-13-12-31-21/h5-9,14-15H,3-4,10-13,16H2,1-2H3,(H,26,30). The van der Waals surface area contributed by atoms with Crippen molar-refractivity contribution < 1.29 is 14.3 Å². The average Bonchev–Trinajstić information content (AvgIpc) is 3.45. The van der Waals surface area contributed by atoms with Gasteiger partial charge in [-0.25, -0.2) is 4.68 Å². The van der Waals surface area contributed by atoms with E-state index in [1.165, 1.54) is 5.56 Å². The molecule has 0 radical (unpaired) electrons. The molecule has 2 aliphatic rings. The molecule has 2 aromatic carbocycles. The second-order valence-corrected chi connectivity index (χ2v) is 8.80. The molecule has 7 nitrogen and oxygen atoms in total. The third-order valence-electron chi connectivity index (χ3n) is 6.66. The molecule has 1 aromatic heterocycles. The summed E-state index contributed by atoms with van der Waals surface area (Å²) < 4.78 is 13.2. The maximum absolute atomic E-state index is 13.1. The van der Waals surface area contributed by atoms with Gasteiger partial charge in [-0.15, -0.1) is 5.10 Å². The lowest BCUT2D eigenvalue weighted by Gasteiger charge is -2.31. The van der Waals surface area contributed by atoms with E-state index < -0.39 is 0 Å². The summed E-state index contributed by atoms with van der Waals surface area (Å²) in [5.41, 5.74) is 4.21. The van der Waals surface area contributed by atoms with E-state index >= 15 is 0 Å². The van der Waals surface area contributed by atoms with Crippen LogP contribution in [-0.2, 0) is 5.41 Å². The number of benzene rings is 2. The average molecular weight is 433 g/mol. The number of rotatable bonds is 5. The number of carbonyl (C=O) groups excluding carboxylic acids is 1. The SMILES string of the molecule is Cc1cccc(-n2nnc(C(=O)NCC3(c4ccc5c(c4)OCCO5)CCCC3)c2C)c1. The van der Waals surface area contributed by atoms with Crippen LogP contribution in [0.5, 0.6) is 11.5 Å². The topological polar surface area (TPSA) is 78.3 Å². The molecule has 1 aliphatic carbocycles. The lowest BCUT2D eigenvalue weighted by atomic mass is 9.78. The van der Waals surface area contributed by atoms with Crippen molar-refractivity contribution in [1.29, 1.82) is 0 Å². The number of hydrogen-bond donors (Lipinski definition) is 1. The largest absolute Gasteiger partial charge is 0.486 e. The minimum absolute atomic E-state index is 0.105. The van der Waals surface area contributed by atoms with Crippen LogP contribution in [0.15, 0.2) is 42.5 Å². The predicted octanol–water partition coefficient (Wildman–Crippen LogP) is 3.90. The van der Waals surface area contributed by atoms with Gasteiger partial charge in [0, 0.05) is 12.0 Å². The highest BCUT2D eigenvalue weighted by Gasteiger charge is 2.37. The van der Waals surface area contributed by atoms with Crippen molar-refractivity contribution in [2.45, 2.75) is 44.9 Å². The van der Waals surface area contributed by atoms with Gasteiger partial charge < -0.3 is 14.8 Å². The van der Waals surface area contributed by atoms with Crippen LogP contribution in [0.4, 0.5) is 0 Å². The third kappa shape index (κ3) is 3.72. The molecule has 0 spiro atoms. The predicted molar refractivity (Wildman–Crippen MR) is 121 cm³/mol. The Bertz CT molecular complexity index is 1150. The summed E-state index contributed by atoms with van der Waals surface area (Å²) in [7, 11) is 0. The monoisotopic (exact) mass is 432 g/mol. The normalized spacial score (nSPS) is 16.7. The number of aromatic nitrogens is 3. The summed E-state index contributed by atoms with van der Waals surface area (Å²) in [6.45, 7) is 5.61. The van der Waals surface area contributed by atoms with Gasteiger partial charge in [0.15, 0.2) is 17.2 Å². The van der Waals surface area contributed by atoms with Gasteiger partial charge in [-0.3, -0.25) is 4.79 Å². The summed E-state index contributed by atoms with van der Waals surface area (Å²) in [4.78, 5) is 13.1. The van der Waals surface area contributed by atoms with Crippen molar-refractivity contribution >= 4 is 5.91 Å². The van der Waals surface area contributed by atoms with E-state index in [1.54, 1.807) is 4.68 Å². The fourth-order valence-corrected chi connectivity index (χ4v) is 4.87. The molecule has 1 aliphatic heterocycles. The van der Waals surface area contributed by atoms with Crippen molar-refractivity contribution in [2.75, 3.05) is 19.8 Å². The first-order valence-corrected chi connectivity index (χ1v) is 11.2. The maximum atomic E-state index is 13.1. The number of nitrogens with zero attached hydrogens (tertiary/aromatic N) is 3. The molecule has 0 bridgehead atoms. The Hall–Kier alpha value is -3.35. The van der Waals surface area contributed by atoms with E-state index in [9.17, 15) is 4.79 Å². The number of hydrogen-bond acceptors (Lipinski definition) is 5. The molecule has 1 saturated carbocycles. The number of ether oxygens (including phenoxy) is 2. The van der Waals surface area contributed by atoms with Crippen LogP contribution in [0, 0.1) is 13.8 Å². The Morgan fingerprint density at radius 2 is 1.84 bits per heavy atom. The molecule has 0 atom stereocenters. The zero-order valence-electron chi connectivity index (χ0n) is 18.6. The van der Waals surface area contributed by atoms with Gasteiger partial charge in [0.05, 0.1) is 11.4 Å². The summed E-state index contributed by atoms with van der Waals surface area (Å²) in [6.07, 6.45) is 4.35. The van der Waals surface area contributed by atoms with Crippen LogP contribution >= 0.6 is 0 Å². The molecule has 3 aromatic rings. The summed E-state index contributed by atoms with van der Waals surface area (Å²) >= 11 is 0. The van der Waals surface area contributed by atoms with Gasteiger partial charge in [-0.05, 0) is 62.1 Å². The van der Waals surface area contributed by atoms with Crippen molar-refractivity contribution in [1.82, 2.24) is 20.3 Å². The molecule has 32 heavy (non-hydrogen) atoms. The Morgan fingerprint density at radius 3 is 2.62 bits per heavy atom. The number of nitrogens with one attached hydrogen (secondary N) is 1. The highest BCUT2D eigenvalue weighted by molar-refractivity contribution is 5.93. The second-order valence-electron chi connectivity index (χ2n) is 8.80. The van der Waals surface area contributed by atoms with Crippen LogP contribution in [0.1, 0.15) is 53.0 Å². The van der Waals surface area contributed by atoms with Gasteiger partial charge in [-0.2, -0.15) is 0 Å². The minimum Gasteiger partial charge on any atom is -0.486 e. The first kappa shape index (κ1) is 20.5. The van der Waals surface area contributed by atoms with E-state index in [2.05, 4.69) is 27.8 Å². The number of aryl methyl sites for hydroxylation is 1. The molecule has 1 amide bonds. The van der Waals surface area contributed by atoms with Gasteiger partial charge in [0.2, 0.25) is 0 Å². The molecule has 166 valence electrons. The highest BCUT2D eigenvalue weighted by Crippen LogP contribution is 2.43. The summed E-state index contributed by atoms with van der Waals surface area (Å²) in [6, 6.07) is 14.2. The highest BCUT2D eigenvalue weighted by atomic mass is 16.6. The lowest BCUT2D eigenvalue weighted by Crippen LogP contribution is -2.39. The molecular weight excluding hydrogens is 404 g/mol. The fourth-order valence-electron chi connectivity index (χ4n) is 4.87. The second kappa shape index (κ2) is 8.30.